The van der Waals surface area contributed by atoms with Crippen LogP contribution in [0.1, 0.15) is 36.0 Å². The first-order valence-corrected chi connectivity index (χ1v) is 10.9. The number of carbonyl (C=O) groups excluding carboxylic acids is 2. The minimum Gasteiger partial charge on any atom is -0.508 e. The van der Waals surface area contributed by atoms with Crippen LogP contribution in [0.2, 0.25) is 0 Å². The molecule has 0 bridgehead atoms. The van der Waals surface area contributed by atoms with Crippen LogP contribution in [0, 0.1) is 17.7 Å². The SMILES string of the molecule is O=C(NCC1CN(CC2CCN(CC3CC3)CC2)C(=O)CO1)c1cc(O)ccc1F. The number of carbonyl (C=O) groups is 2. The van der Waals surface area contributed by atoms with E-state index in [9.17, 15) is 19.1 Å². The second-order valence-corrected chi connectivity index (χ2v) is 8.79. The van der Waals surface area contributed by atoms with Crippen LogP contribution in [0.15, 0.2) is 18.2 Å². The number of hydrogen-bond donors (Lipinski definition) is 2. The Labute approximate surface area is 176 Å². The lowest BCUT2D eigenvalue weighted by atomic mass is 9.95. The van der Waals surface area contributed by atoms with Gasteiger partial charge in [0.25, 0.3) is 5.91 Å². The second kappa shape index (κ2) is 9.31. The summed E-state index contributed by atoms with van der Waals surface area (Å²) in [6, 6.07) is 3.34. The van der Waals surface area contributed by atoms with Gasteiger partial charge in [-0.1, -0.05) is 0 Å². The van der Waals surface area contributed by atoms with Gasteiger partial charge in [0.2, 0.25) is 5.91 Å². The van der Waals surface area contributed by atoms with Gasteiger partial charge in [-0.2, -0.15) is 0 Å². The second-order valence-electron chi connectivity index (χ2n) is 8.79. The van der Waals surface area contributed by atoms with Crippen molar-refractivity contribution in [2.75, 3.05) is 45.9 Å². The first-order chi connectivity index (χ1) is 14.5. The summed E-state index contributed by atoms with van der Waals surface area (Å²) in [6.45, 7) is 4.77. The van der Waals surface area contributed by atoms with Crippen molar-refractivity contribution in [3.8, 4) is 5.75 Å². The van der Waals surface area contributed by atoms with Crippen LogP contribution < -0.4 is 5.32 Å². The maximum Gasteiger partial charge on any atom is 0.254 e. The van der Waals surface area contributed by atoms with E-state index >= 15 is 0 Å². The lowest BCUT2D eigenvalue weighted by Crippen LogP contribution is -2.52. The molecule has 8 heteroatoms. The fourth-order valence-electron chi connectivity index (χ4n) is 4.30. The Kier molecular flexibility index (Phi) is 6.53. The van der Waals surface area contributed by atoms with Gasteiger partial charge in [-0.25, -0.2) is 4.39 Å². The zero-order chi connectivity index (χ0) is 21.1. The predicted molar refractivity (Wildman–Crippen MR) is 109 cm³/mol. The zero-order valence-electron chi connectivity index (χ0n) is 17.2. The molecule has 164 valence electrons. The van der Waals surface area contributed by atoms with Gasteiger partial charge in [0, 0.05) is 26.2 Å². The molecule has 1 aliphatic carbocycles. The van der Waals surface area contributed by atoms with Gasteiger partial charge in [0.15, 0.2) is 0 Å². The monoisotopic (exact) mass is 419 g/mol. The van der Waals surface area contributed by atoms with E-state index in [0.717, 1.165) is 50.5 Å². The third-order valence-electron chi connectivity index (χ3n) is 6.30. The minimum absolute atomic E-state index is 0.00154. The molecule has 30 heavy (non-hydrogen) atoms. The van der Waals surface area contributed by atoms with Gasteiger partial charge in [-0.3, -0.25) is 9.59 Å². The molecule has 1 unspecified atom stereocenters. The number of ether oxygens (including phenoxy) is 1. The predicted octanol–water partition coefficient (Wildman–Crippen LogP) is 1.61. The first kappa shape index (κ1) is 21.1. The zero-order valence-corrected chi connectivity index (χ0v) is 17.2. The summed E-state index contributed by atoms with van der Waals surface area (Å²) in [5, 5.41) is 12.1. The number of amides is 2. The van der Waals surface area contributed by atoms with Crippen molar-refractivity contribution in [3.63, 3.8) is 0 Å². The molecule has 1 saturated carbocycles. The number of phenolic OH excluding ortho intramolecular Hbond substituents is 1. The Bertz CT molecular complexity index is 778. The van der Waals surface area contributed by atoms with Crippen molar-refractivity contribution >= 4 is 11.8 Å². The molecule has 1 aromatic rings. The highest BCUT2D eigenvalue weighted by Gasteiger charge is 2.31. The largest absolute Gasteiger partial charge is 0.508 e. The van der Waals surface area contributed by atoms with Gasteiger partial charge in [-0.15, -0.1) is 0 Å². The van der Waals surface area contributed by atoms with Crippen LogP contribution in [-0.2, 0) is 9.53 Å². The van der Waals surface area contributed by atoms with E-state index in [1.165, 1.54) is 25.5 Å². The minimum atomic E-state index is -0.695. The molecule has 2 amide bonds. The first-order valence-electron chi connectivity index (χ1n) is 10.9. The smallest absolute Gasteiger partial charge is 0.254 e. The average Bonchev–Trinajstić information content (AvgIpc) is 3.55. The number of phenols is 1. The van der Waals surface area contributed by atoms with Crippen LogP contribution >= 0.6 is 0 Å². The number of likely N-dealkylation sites (tertiary alicyclic amines) is 1. The molecule has 2 saturated heterocycles. The van der Waals surface area contributed by atoms with Gasteiger partial charge < -0.3 is 25.0 Å². The molecule has 0 spiro atoms. The summed E-state index contributed by atoms with van der Waals surface area (Å²) in [5.41, 5.74) is -0.211. The lowest BCUT2D eigenvalue weighted by molar-refractivity contribution is -0.149. The van der Waals surface area contributed by atoms with Crippen LogP contribution in [0.4, 0.5) is 4.39 Å². The number of rotatable bonds is 7. The molecule has 2 aliphatic heterocycles. The Morgan fingerprint density at radius 2 is 1.90 bits per heavy atom. The van der Waals surface area contributed by atoms with Crippen LogP contribution in [0.3, 0.4) is 0 Å². The lowest BCUT2D eigenvalue weighted by Gasteiger charge is -2.38. The summed E-state index contributed by atoms with van der Waals surface area (Å²) in [4.78, 5) is 28.9. The highest BCUT2D eigenvalue weighted by atomic mass is 19.1. The van der Waals surface area contributed by atoms with E-state index in [-0.39, 0.29) is 36.5 Å². The Morgan fingerprint density at radius 3 is 2.63 bits per heavy atom. The summed E-state index contributed by atoms with van der Waals surface area (Å²) in [6.07, 6.45) is 4.63. The Morgan fingerprint density at radius 1 is 1.17 bits per heavy atom. The fourth-order valence-corrected chi connectivity index (χ4v) is 4.30. The number of nitrogens with one attached hydrogen (secondary N) is 1. The maximum atomic E-state index is 13.8. The number of morpholine rings is 1. The van der Waals surface area contributed by atoms with Gasteiger partial charge >= 0.3 is 0 Å². The van der Waals surface area contributed by atoms with E-state index in [2.05, 4.69) is 10.2 Å². The molecular weight excluding hydrogens is 389 g/mol. The molecule has 0 aromatic heterocycles. The fraction of sp³-hybridized carbons (Fsp3) is 0.636. The van der Waals surface area contributed by atoms with Crippen molar-refractivity contribution < 1.29 is 23.8 Å². The third kappa shape index (κ3) is 5.49. The molecule has 2 heterocycles. The molecule has 7 nitrogen and oxygen atoms in total. The number of piperidine rings is 1. The molecular formula is C22H30FN3O4. The van der Waals surface area contributed by atoms with Gasteiger partial charge in [-0.05, 0) is 68.8 Å². The number of aromatic hydroxyl groups is 1. The summed E-state index contributed by atoms with van der Waals surface area (Å²) < 4.78 is 19.4. The van der Waals surface area contributed by atoms with Crippen LogP contribution in [0.5, 0.6) is 5.75 Å². The van der Waals surface area contributed by atoms with Crippen LogP contribution in [0.25, 0.3) is 0 Å². The van der Waals surface area contributed by atoms with Crippen molar-refractivity contribution in [2.24, 2.45) is 11.8 Å². The van der Waals surface area contributed by atoms with E-state index < -0.39 is 11.7 Å². The highest BCUT2D eigenvalue weighted by Crippen LogP contribution is 2.31. The van der Waals surface area contributed by atoms with Crippen molar-refractivity contribution in [1.29, 1.82) is 0 Å². The quantitative estimate of drug-likeness (QED) is 0.702. The average molecular weight is 419 g/mol. The summed E-state index contributed by atoms with van der Waals surface area (Å²) in [5.74, 6) is -0.0867. The van der Waals surface area contributed by atoms with Gasteiger partial charge in [0.05, 0.1) is 11.7 Å². The highest BCUT2D eigenvalue weighted by molar-refractivity contribution is 5.94. The number of nitrogens with zero attached hydrogens (tertiary/aromatic N) is 2. The Balaban J connectivity index is 1.23. The number of hydrogen-bond acceptors (Lipinski definition) is 5. The van der Waals surface area contributed by atoms with Crippen molar-refractivity contribution in [1.82, 2.24) is 15.1 Å². The topological polar surface area (TPSA) is 82.1 Å². The molecule has 0 radical (unpaired) electrons. The standard InChI is InChI=1S/C22H30FN3O4/c23-20-4-3-17(27)9-19(20)22(29)24-10-18-13-26(21(28)14-30-18)12-16-5-7-25(8-6-16)11-15-1-2-15/h3-4,9,15-16,18,27H,1-2,5-8,10-14H2,(H,24,29). The molecule has 3 fully saturated rings. The van der Waals surface area contributed by atoms with E-state index in [0.29, 0.717) is 12.5 Å². The third-order valence-corrected chi connectivity index (χ3v) is 6.30. The molecule has 1 aromatic carbocycles. The Hall–Kier alpha value is -2.19. The number of halogens is 1. The normalized spacial score (nSPS) is 23.6. The van der Waals surface area contributed by atoms with Gasteiger partial charge in [0.1, 0.15) is 18.2 Å². The molecule has 4 rings (SSSR count). The van der Waals surface area contributed by atoms with Crippen LogP contribution in [-0.4, -0.2) is 78.7 Å². The van der Waals surface area contributed by atoms with Crippen molar-refractivity contribution in [2.45, 2.75) is 31.8 Å². The molecule has 2 N–H and O–H groups in total. The maximum absolute atomic E-state index is 13.8. The van der Waals surface area contributed by atoms with E-state index in [4.69, 9.17) is 4.74 Å². The number of benzene rings is 1. The molecule has 1 atom stereocenters. The van der Waals surface area contributed by atoms with E-state index in [1.807, 2.05) is 4.90 Å². The van der Waals surface area contributed by atoms with E-state index in [1.54, 1.807) is 0 Å². The summed E-state index contributed by atoms with van der Waals surface area (Å²) >= 11 is 0. The molecule has 3 aliphatic rings. The van der Waals surface area contributed by atoms with Crippen molar-refractivity contribution in [3.05, 3.63) is 29.6 Å². The summed E-state index contributed by atoms with van der Waals surface area (Å²) in [7, 11) is 0.